The molecule has 0 aliphatic carbocycles. The van der Waals surface area contributed by atoms with E-state index in [9.17, 15) is 0 Å². The average Bonchev–Trinajstić information content (AvgIpc) is 2.34. The van der Waals surface area contributed by atoms with Crippen molar-refractivity contribution in [2.75, 3.05) is 6.61 Å². The first kappa shape index (κ1) is 20.0. The van der Waals surface area contributed by atoms with E-state index in [0.717, 1.165) is 12.8 Å². The van der Waals surface area contributed by atoms with E-state index in [-0.39, 0.29) is 11.7 Å². The van der Waals surface area contributed by atoms with E-state index in [0.29, 0.717) is 29.8 Å². The topological polar surface area (TPSA) is 27.7 Å². The van der Waals surface area contributed by atoms with Gasteiger partial charge in [-0.1, -0.05) is 41.5 Å². The molecule has 0 aromatic heterocycles. The van der Waals surface area contributed by atoms with Crippen LogP contribution in [-0.4, -0.2) is 25.6 Å². The highest BCUT2D eigenvalue weighted by Crippen LogP contribution is 2.40. The third kappa shape index (κ3) is 5.54. The summed E-state index contributed by atoms with van der Waals surface area (Å²) in [4.78, 5) is 0. The molecule has 1 rings (SSSR count). The molecule has 1 saturated heterocycles. The molecule has 1 aliphatic heterocycles. The molecule has 0 spiro atoms. The van der Waals surface area contributed by atoms with Gasteiger partial charge in [-0.05, 0) is 56.8 Å². The van der Waals surface area contributed by atoms with Gasteiger partial charge in [0.05, 0.1) is 5.60 Å². The van der Waals surface area contributed by atoms with E-state index in [4.69, 9.17) is 14.0 Å². The highest BCUT2D eigenvalue weighted by Gasteiger charge is 2.39. The third-order valence-corrected chi connectivity index (χ3v) is 5.88. The fourth-order valence-electron chi connectivity index (χ4n) is 3.20. The fourth-order valence-corrected chi connectivity index (χ4v) is 3.20. The molecule has 3 nitrogen and oxygen atoms in total. The first-order valence-corrected chi connectivity index (χ1v) is 8.90. The van der Waals surface area contributed by atoms with Gasteiger partial charge in [0.15, 0.2) is 0 Å². The minimum atomic E-state index is -0.514. The smallest absolute Gasteiger partial charge is 0.386 e. The maximum Gasteiger partial charge on any atom is 0.640 e. The van der Waals surface area contributed by atoms with Gasteiger partial charge >= 0.3 is 7.32 Å². The Morgan fingerprint density at radius 3 is 2.32 bits per heavy atom. The van der Waals surface area contributed by atoms with Gasteiger partial charge in [0, 0.05) is 12.7 Å². The average molecular weight is 312 g/mol. The quantitative estimate of drug-likeness (QED) is 0.623. The molecule has 1 aliphatic rings. The molecule has 3 unspecified atom stereocenters. The molecule has 1 heterocycles. The Labute approximate surface area is 138 Å². The second-order valence-electron chi connectivity index (χ2n) is 8.72. The van der Waals surface area contributed by atoms with Gasteiger partial charge in [-0.3, -0.25) is 0 Å². The van der Waals surface area contributed by atoms with Crippen molar-refractivity contribution in [2.24, 2.45) is 23.2 Å². The molecule has 0 bridgehead atoms. The van der Waals surface area contributed by atoms with Crippen LogP contribution in [0.2, 0.25) is 0 Å². The highest BCUT2D eigenvalue weighted by molar-refractivity contribution is 6.36. The zero-order valence-electron chi connectivity index (χ0n) is 16.2. The Bertz CT molecular complexity index is 341. The lowest BCUT2D eigenvalue weighted by atomic mass is 9.66. The molecule has 0 aromatic rings. The molecule has 4 heteroatoms. The largest absolute Gasteiger partial charge is 0.640 e. The Hall–Kier alpha value is -0.0551. The van der Waals surface area contributed by atoms with E-state index >= 15 is 0 Å². The van der Waals surface area contributed by atoms with Crippen molar-refractivity contribution in [3.63, 3.8) is 0 Å². The number of hydrogen-bond acceptors (Lipinski definition) is 3. The minimum Gasteiger partial charge on any atom is -0.386 e. The minimum absolute atomic E-state index is 0.166. The maximum absolute atomic E-state index is 5.85. The summed E-state index contributed by atoms with van der Waals surface area (Å²) < 4.78 is 17.4. The van der Waals surface area contributed by atoms with E-state index in [1.165, 1.54) is 0 Å². The van der Waals surface area contributed by atoms with Crippen molar-refractivity contribution < 1.29 is 14.0 Å². The molecule has 22 heavy (non-hydrogen) atoms. The lowest BCUT2D eigenvalue weighted by Gasteiger charge is -2.40. The standard InChI is InChI=1S/C18H37BO3/c1-13(2)18(8,9)16(5)14(3)10-11-20-19-21-15(4)12-17(6,7)22-19/h13-16H,10-12H2,1-9H3. The summed E-state index contributed by atoms with van der Waals surface area (Å²) >= 11 is 0. The molecule has 0 saturated carbocycles. The lowest BCUT2D eigenvalue weighted by molar-refractivity contribution is -0.0703. The Kier molecular flexibility index (Phi) is 6.98. The molecule has 0 radical (unpaired) electrons. The Morgan fingerprint density at radius 2 is 1.82 bits per heavy atom. The molecule has 3 atom stereocenters. The fraction of sp³-hybridized carbons (Fsp3) is 1.00. The van der Waals surface area contributed by atoms with Gasteiger partial charge in [-0.25, -0.2) is 0 Å². The van der Waals surface area contributed by atoms with Crippen molar-refractivity contribution >= 4 is 7.32 Å². The second-order valence-corrected chi connectivity index (χ2v) is 8.72. The van der Waals surface area contributed by atoms with Crippen molar-refractivity contribution in [3.8, 4) is 0 Å². The van der Waals surface area contributed by atoms with Crippen LogP contribution in [0, 0.1) is 23.2 Å². The molecule has 0 aromatic carbocycles. The van der Waals surface area contributed by atoms with Crippen LogP contribution in [0.25, 0.3) is 0 Å². The molecular weight excluding hydrogens is 275 g/mol. The zero-order valence-corrected chi connectivity index (χ0v) is 16.2. The van der Waals surface area contributed by atoms with E-state index in [2.05, 4.69) is 62.3 Å². The molecule has 0 amide bonds. The first-order valence-electron chi connectivity index (χ1n) is 8.90. The summed E-state index contributed by atoms with van der Waals surface area (Å²) in [5, 5.41) is 0. The number of hydrogen-bond donors (Lipinski definition) is 0. The lowest BCUT2D eigenvalue weighted by Crippen LogP contribution is -2.47. The maximum atomic E-state index is 5.85. The predicted octanol–water partition coefficient (Wildman–Crippen LogP) is 4.94. The molecular formula is C18H37BO3. The number of rotatable bonds is 7. The summed E-state index contributed by atoms with van der Waals surface area (Å²) in [6.07, 6.45) is 2.13. The predicted molar refractivity (Wildman–Crippen MR) is 93.6 cm³/mol. The van der Waals surface area contributed by atoms with E-state index in [1.807, 2.05) is 0 Å². The van der Waals surface area contributed by atoms with Gasteiger partial charge in [0.25, 0.3) is 0 Å². The van der Waals surface area contributed by atoms with Crippen LogP contribution in [0.15, 0.2) is 0 Å². The SMILES string of the molecule is CC1CC(C)(C)OB(OCCC(C)C(C)C(C)(C)C(C)C)O1. The van der Waals surface area contributed by atoms with Crippen LogP contribution >= 0.6 is 0 Å². The van der Waals surface area contributed by atoms with E-state index < -0.39 is 7.32 Å². The Balaban J connectivity index is 2.40. The summed E-state index contributed by atoms with van der Waals surface area (Å²) in [6, 6.07) is 0. The van der Waals surface area contributed by atoms with Crippen LogP contribution in [0.3, 0.4) is 0 Å². The normalized spacial score (nSPS) is 25.4. The summed E-state index contributed by atoms with van der Waals surface area (Å²) in [6.45, 7) is 21.0. The van der Waals surface area contributed by atoms with Gasteiger partial charge in [0.1, 0.15) is 0 Å². The first-order chi connectivity index (χ1) is 9.95. The third-order valence-electron chi connectivity index (χ3n) is 5.88. The summed E-state index contributed by atoms with van der Waals surface area (Å²) in [5.74, 6) is 1.95. The highest BCUT2D eigenvalue weighted by atomic mass is 16.7. The Morgan fingerprint density at radius 1 is 1.23 bits per heavy atom. The summed E-state index contributed by atoms with van der Waals surface area (Å²) in [7, 11) is -0.514. The van der Waals surface area contributed by atoms with Gasteiger partial charge in [-0.2, -0.15) is 0 Å². The van der Waals surface area contributed by atoms with Crippen LogP contribution in [0.4, 0.5) is 0 Å². The van der Waals surface area contributed by atoms with Gasteiger partial charge < -0.3 is 14.0 Å². The molecule has 1 fully saturated rings. The van der Waals surface area contributed by atoms with Crippen LogP contribution in [-0.2, 0) is 14.0 Å². The van der Waals surface area contributed by atoms with Crippen molar-refractivity contribution in [3.05, 3.63) is 0 Å². The summed E-state index contributed by atoms with van der Waals surface area (Å²) in [5.41, 5.74) is 0.175. The molecule has 0 N–H and O–H groups in total. The second kappa shape index (κ2) is 7.68. The van der Waals surface area contributed by atoms with Gasteiger partial charge in [-0.15, -0.1) is 0 Å². The van der Waals surface area contributed by atoms with Crippen LogP contribution < -0.4 is 0 Å². The van der Waals surface area contributed by atoms with Crippen LogP contribution in [0.5, 0.6) is 0 Å². The van der Waals surface area contributed by atoms with Crippen LogP contribution in [0.1, 0.15) is 75.2 Å². The molecule has 130 valence electrons. The van der Waals surface area contributed by atoms with Crippen molar-refractivity contribution in [1.29, 1.82) is 0 Å². The van der Waals surface area contributed by atoms with Crippen molar-refractivity contribution in [1.82, 2.24) is 0 Å². The van der Waals surface area contributed by atoms with Crippen molar-refractivity contribution in [2.45, 2.75) is 86.9 Å². The van der Waals surface area contributed by atoms with Gasteiger partial charge in [0.2, 0.25) is 0 Å². The monoisotopic (exact) mass is 312 g/mol. The van der Waals surface area contributed by atoms with E-state index in [1.54, 1.807) is 0 Å². The zero-order chi connectivity index (χ0) is 17.1.